The largest absolute Gasteiger partial charge is 0.476 e. The number of nitrogens with zero attached hydrogens (tertiary/aromatic N) is 1. The number of carbonyl (C=O) groups is 1. The summed E-state index contributed by atoms with van der Waals surface area (Å²) in [7, 11) is 0. The summed E-state index contributed by atoms with van der Waals surface area (Å²) < 4.78 is 0. The minimum absolute atomic E-state index is 0.146. The number of carboxylic acids is 1. The predicted octanol–water partition coefficient (Wildman–Crippen LogP) is 2.63. The Hall–Kier alpha value is -1.68. The van der Waals surface area contributed by atoms with E-state index in [1.807, 2.05) is 18.2 Å². The Balaban J connectivity index is 1.97. The van der Waals surface area contributed by atoms with Crippen molar-refractivity contribution in [2.75, 3.05) is 0 Å². The Labute approximate surface area is 97.4 Å². The monoisotopic (exact) mass is 233 g/mol. The molecule has 1 N–H and O–H groups in total. The third-order valence-corrected chi connectivity index (χ3v) is 3.15. The Morgan fingerprint density at radius 2 is 2.00 bits per heavy atom. The SMILES string of the molecule is O=C(O)c1csc(CCc2ccccc2)n1. The molecule has 16 heavy (non-hydrogen) atoms. The highest BCUT2D eigenvalue weighted by Crippen LogP contribution is 2.13. The third-order valence-electron chi connectivity index (χ3n) is 2.24. The third kappa shape index (κ3) is 2.67. The summed E-state index contributed by atoms with van der Waals surface area (Å²) in [5, 5.41) is 11.2. The van der Waals surface area contributed by atoms with Gasteiger partial charge in [0.05, 0.1) is 5.01 Å². The lowest BCUT2D eigenvalue weighted by Gasteiger charge is -1.97. The van der Waals surface area contributed by atoms with Crippen LogP contribution >= 0.6 is 11.3 Å². The Bertz CT molecular complexity index is 479. The molecule has 3 nitrogen and oxygen atoms in total. The lowest BCUT2D eigenvalue weighted by molar-refractivity contribution is 0.0691. The van der Waals surface area contributed by atoms with Gasteiger partial charge in [0.15, 0.2) is 5.69 Å². The maximum Gasteiger partial charge on any atom is 0.355 e. The highest BCUT2D eigenvalue weighted by molar-refractivity contribution is 7.09. The minimum atomic E-state index is -0.956. The molecule has 0 amide bonds. The zero-order chi connectivity index (χ0) is 11.4. The van der Waals surface area contributed by atoms with Crippen LogP contribution in [0.5, 0.6) is 0 Å². The highest BCUT2D eigenvalue weighted by Gasteiger charge is 2.08. The van der Waals surface area contributed by atoms with Crippen LogP contribution in [0.15, 0.2) is 35.7 Å². The van der Waals surface area contributed by atoms with Gasteiger partial charge in [0.1, 0.15) is 0 Å². The van der Waals surface area contributed by atoms with Gasteiger partial charge >= 0.3 is 5.97 Å². The van der Waals surface area contributed by atoms with Crippen LogP contribution in [0, 0.1) is 0 Å². The summed E-state index contributed by atoms with van der Waals surface area (Å²) in [4.78, 5) is 14.7. The quantitative estimate of drug-likeness (QED) is 0.883. The minimum Gasteiger partial charge on any atom is -0.476 e. The molecular weight excluding hydrogens is 222 g/mol. The number of carboxylic acid groups (broad SMARTS) is 1. The van der Waals surface area contributed by atoms with Gasteiger partial charge in [-0.3, -0.25) is 0 Å². The molecule has 0 atom stereocenters. The van der Waals surface area contributed by atoms with Gasteiger partial charge in [-0.2, -0.15) is 0 Å². The Kier molecular flexibility index (Phi) is 3.31. The first-order valence-corrected chi connectivity index (χ1v) is 5.85. The molecule has 1 aromatic heterocycles. The van der Waals surface area contributed by atoms with Gasteiger partial charge in [-0.1, -0.05) is 30.3 Å². The molecule has 0 fully saturated rings. The predicted molar refractivity (Wildman–Crippen MR) is 62.9 cm³/mol. The summed E-state index contributed by atoms with van der Waals surface area (Å²) in [5.74, 6) is -0.956. The number of hydrogen-bond acceptors (Lipinski definition) is 3. The van der Waals surface area contributed by atoms with Crippen molar-refractivity contribution in [2.45, 2.75) is 12.8 Å². The summed E-state index contributed by atoms with van der Waals surface area (Å²) in [6.07, 6.45) is 1.69. The number of aromatic nitrogens is 1. The molecular formula is C12H11NO2S. The molecule has 0 aliphatic rings. The molecule has 1 aromatic carbocycles. The fraction of sp³-hybridized carbons (Fsp3) is 0.167. The first-order valence-electron chi connectivity index (χ1n) is 4.97. The molecule has 0 aliphatic carbocycles. The van der Waals surface area contributed by atoms with Gasteiger partial charge in [0.25, 0.3) is 0 Å². The van der Waals surface area contributed by atoms with Crippen LogP contribution in [-0.2, 0) is 12.8 Å². The van der Waals surface area contributed by atoms with Gasteiger partial charge in [0.2, 0.25) is 0 Å². The first kappa shape index (κ1) is 10.8. The van der Waals surface area contributed by atoms with Crippen molar-refractivity contribution >= 4 is 17.3 Å². The highest BCUT2D eigenvalue weighted by atomic mass is 32.1. The van der Waals surface area contributed by atoms with Gasteiger partial charge in [-0.05, 0) is 12.0 Å². The van der Waals surface area contributed by atoms with E-state index in [1.54, 1.807) is 5.38 Å². The molecule has 0 saturated carbocycles. The lowest BCUT2D eigenvalue weighted by atomic mass is 10.1. The van der Waals surface area contributed by atoms with Crippen LogP contribution in [0.1, 0.15) is 21.1 Å². The zero-order valence-electron chi connectivity index (χ0n) is 8.59. The molecule has 82 valence electrons. The second kappa shape index (κ2) is 4.90. The number of hydrogen-bond donors (Lipinski definition) is 1. The molecule has 2 rings (SSSR count). The number of rotatable bonds is 4. The maximum absolute atomic E-state index is 10.6. The fourth-order valence-electron chi connectivity index (χ4n) is 1.42. The van der Waals surface area contributed by atoms with Crippen LogP contribution in [0.25, 0.3) is 0 Å². The number of aryl methyl sites for hydroxylation is 2. The van der Waals surface area contributed by atoms with Gasteiger partial charge in [-0.15, -0.1) is 11.3 Å². The van der Waals surface area contributed by atoms with Crippen molar-refractivity contribution < 1.29 is 9.90 Å². The van der Waals surface area contributed by atoms with Gasteiger partial charge in [-0.25, -0.2) is 9.78 Å². The van der Waals surface area contributed by atoms with Crippen LogP contribution in [0.4, 0.5) is 0 Å². The molecule has 0 unspecified atom stereocenters. The van der Waals surface area contributed by atoms with E-state index in [9.17, 15) is 4.79 Å². The lowest BCUT2D eigenvalue weighted by Crippen LogP contribution is -1.97. The van der Waals surface area contributed by atoms with E-state index >= 15 is 0 Å². The zero-order valence-corrected chi connectivity index (χ0v) is 9.41. The Morgan fingerprint density at radius 3 is 2.62 bits per heavy atom. The molecule has 1 heterocycles. The van der Waals surface area contributed by atoms with Crippen LogP contribution in [0.2, 0.25) is 0 Å². The normalized spacial score (nSPS) is 10.2. The molecule has 4 heteroatoms. The molecule has 0 spiro atoms. The second-order valence-electron chi connectivity index (χ2n) is 3.42. The summed E-state index contributed by atoms with van der Waals surface area (Å²) >= 11 is 1.41. The second-order valence-corrected chi connectivity index (χ2v) is 4.36. The number of aromatic carboxylic acids is 1. The van der Waals surface area contributed by atoms with Crippen molar-refractivity contribution in [2.24, 2.45) is 0 Å². The number of thiazole rings is 1. The summed E-state index contributed by atoms with van der Waals surface area (Å²) in [5.41, 5.74) is 1.39. The van der Waals surface area contributed by atoms with E-state index in [0.717, 1.165) is 17.8 Å². The van der Waals surface area contributed by atoms with Gasteiger partial charge < -0.3 is 5.11 Å². The summed E-state index contributed by atoms with van der Waals surface area (Å²) in [6, 6.07) is 10.1. The average molecular weight is 233 g/mol. The molecule has 0 radical (unpaired) electrons. The molecule has 2 aromatic rings. The number of benzene rings is 1. The van der Waals surface area contributed by atoms with Crippen molar-refractivity contribution in [3.05, 3.63) is 52.0 Å². The van der Waals surface area contributed by atoms with E-state index in [1.165, 1.54) is 16.9 Å². The average Bonchev–Trinajstić information content (AvgIpc) is 2.76. The van der Waals surface area contributed by atoms with E-state index < -0.39 is 5.97 Å². The standard InChI is InChI=1S/C12H11NO2S/c14-12(15)10-8-16-11(13-10)7-6-9-4-2-1-3-5-9/h1-5,8H,6-7H2,(H,14,15). The van der Waals surface area contributed by atoms with E-state index in [-0.39, 0.29) is 5.69 Å². The Morgan fingerprint density at radius 1 is 1.25 bits per heavy atom. The van der Waals surface area contributed by atoms with E-state index in [2.05, 4.69) is 17.1 Å². The first-order chi connectivity index (χ1) is 7.75. The fourth-order valence-corrected chi connectivity index (χ4v) is 2.19. The van der Waals surface area contributed by atoms with Crippen molar-refractivity contribution in [1.29, 1.82) is 0 Å². The molecule has 0 aliphatic heterocycles. The van der Waals surface area contributed by atoms with Crippen molar-refractivity contribution in [3.8, 4) is 0 Å². The smallest absolute Gasteiger partial charge is 0.355 e. The maximum atomic E-state index is 10.6. The van der Waals surface area contributed by atoms with Crippen LogP contribution in [0.3, 0.4) is 0 Å². The van der Waals surface area contributed by atoms with Crippen molar-refractivity contribution in [1.82, 2.24) is 4.98 Å². The van der Waals surface area contributed by atoms with Crippen molar-refractivity contribution in [3.63, 3.8) is 0 Å². The molecule has 0 bridgehead atoms. The van der Waals surface area contributed by atoms with Crippen LogP contribution in [-0.4, -0.2) is 16.1 Å². The summed E-state index contributed by atoms with van der Waals surface area (Å²) in [6.45, 7) is 0. The van der Waals surface area contributed by atoms with Crippen LogP contribution < -0.4 is 0 Å². The van der Waals surface area contributed by atoms with E-state index in [4.69, 9.17) is 5.11 Å². The van der Waals surface area contributed by atoms with Gasteiger partial charge in [0, 0.05) is 11.8 Å². The molecule has 0 saturated heterocycles. The van der Waals surface area contributed by atoms with E-state index in [0.29, 0.717) is 0 Å². The topological polar surface area (TPSA) is 50.2 Å².